The highest BCUT2D eigenvalue weighted by Gasteiger charge is 2.30. The molecular weight excluding hydrogens is 443 g/mol. The molecule has 0 saturated heterocycles. The summed E-state index contributed by atoms with van der Waals surface area (Å²) in [6.07, 6.45) is -1.24. The van der Waals surface area contributed by atoms with E-state index in [4.69, 9.17) is 0 Å². The molecule has 0 aliphatic rings. The van der Waals surface area contributed by atoms with E-state index in [1.807, 2.05) is 37.3 Å². The summed E-state index contributed by atoms with van der Waals surface area (Å²) in [5.41, 5.74) is 4.23. The standard InChI is InChI=1S/C25H18F3N5O/c1-14-5-7-18(32-24(34)31-17-4-2-3-16(10-17)25(26,27)28)11-20(14)15-6-8-19-21-12-29-13-30-23(21)33-22(19)9-15/h2-13H,1H3,(H,29,30,33)(H2,31,32,34). The van der Waals surface area contributed by atoms with Crippen molar-refractivity contribution < 1.29 is 18.0 Å². The van der Waals surface area contributed by atoms with Gasteiger partial charge in [0.05, 0.1) is 5.56 Å². The molecule has 2 aromatic heterocycles. The molecule has 0 fully saturated rings. The van der Waals surface area contributed by atoms with E-state index in [2.05, 4.69) is 25.6 Å². The second-order valence-corrected chi connectivity index (χ2v) is 7.86. The van der Waals surface area contributed by atoms with Crippen molar-refractivity contribution in [2.24, 2.45) is 0 Å². The molecule has 0 radical (unpaired) electrons. The third kappa shape index (κ3) is 4.15. The second kappa shape index (κ2) is 8.18. The summed E-state index contributed by atoms with van der Waals surface area (Å²) in [5, 5.41) is 7.07. The van der Waals surface area contributed by atoms with Crippen LogP contribution in [0.25, 0.3) is 33.1 Å². The summed E-state index contributed by atoms with van der Waals surface area (Å²) >= 11 is 0. The summed E-state index contributed by atoms with van der Waals surface area (Å²) in [6.45, 7) is 1.96. The molecule has 0 bridgehead atoms. The SMILES string of the molecule is Cc1ccc(NC(=O)Nc2cccc(C(F)(F)F)c2)cc1-c1ccc2c(c1)[nH]c1ncncc12. The lowest BCUT2D eigenvalue weighted by Crippen LogP contribution is -2.19. The van der Waals surface area contributed by atoms with Crippen LogP contribution in [0.2, 0.25) is 0 Å². The highest BCUT2D eigenvalue weighted by atomic mass is 19.4. The molecule has 170 valence electrons. The number of anilines is 2. The topological polar surface area (TPSA) is 82.7 Å². The molecule has 0 aliphatic carbocycles. The van der Waals surface area contributed by atoms with Crippen molar-refractivity contribution in [2.75, 3.05) is 10.6 Å². The smallest absolute Gasteiger partial charge is 0.339 e. The number of aromatic nitrogens is 3. The number of alkyl halides is 3. The first-order valence-electron chi connectivity index (χ1n) is 10.4. The number of halogens is 3. The lowest BCUT2D eigenvalue weighted by Gasteiger charge is -2.13. The Morgan fingerprint density at radius 2 is 1.74 bits per heavy atom. The Hall–Kier alpha value is -4.40. The normalized spacial score (nSPS) is 11.6. The van der Waals surface area contributed by atoms with Gasteiger partial charge in [0.2, 0.25) is 0 Å². The van der Waals surface area contributed by atoms with Gasteiger partial charge in [-0.05, 0) is 60.0 Å². The van der Waals surface area contributed by atoms with E-state index in [0.29, 0.717) is 5.69 Å². The number of carbonyl (C=O) groups excluding carboxylic acids is 1. The van der Waals surface area contributed by atoms with Crippen molar-refractivity contribution in [1.82, 2.24) is 15.0 Å². The number of carbonyl (C=O) groups is 1. The van der Waals surface area contributed by atoms with Gasteiger partial charge in [-0.1, -0.05) is 24.3 Å². The Bertz CT molecular complexity index is 1540. The fraction of sp³-hybridized carbons (Fsp3) is 0.0800. The fourth-order valence-electron chi connectivity index (χ4n) is 3.88. The van der Waals surface area contributed by atoms with Gasteiger partial charge in [0, 0.05) is 33.9 Å². The number of urea groups is 1. The molecular formula is C25H18F3N5O. The van der Waals surface area contributed by atoms with Gasteiger partial charge >= 0.3 is 12.2 Å². The van der Waals surface area contributed by atoms with Gasteiger partial charge < -0.3 is 15.6 Å². The number of benzene rings is 3. The molecule has 0 unspecified atom stereocenters. The number of amides is 2. The Morgan fingerprint density at radius 1 is 0.941 bits per heavy atom. The van der Waals surface area contributed by atoms with Crippen LogP contribution in [0.15, 0.2) is 73.2 Å². The molecule has 2 heterocycles. The third-order valence-corrected chi connectivity index (χ3v) is 5.53. The Labute approximate surface area is 191 Å². The van der Waals surface area contributed by atoms with Crippen molar-refractivity contribution in [3.63, 3.8) is 0 Å². The molecule has 2 amide bonds. The minimum atomic E-state index is -4.49. The molecule has 9 heteroatoms. The van der Waals surface area contributed by atoms with Crippen LogP contribution in [0.5, 0.6) is 0 Å². The van der Waals surface area contributed by atoms with Crippen molar-refractivity contribution in [2.45, 2.75) is 13.1 Å². The van der Waals surface area contributed by atoms with Gasteiger partial charge in [0.15, 0.2) is 0 Å². The van der Waals surface area contributed by atoms with Gasteiger partial charge in [-0.25, -0.2) is 14.8 Å². The van der Waals surface area contributed by atoms with Crippen molar-refractivity contribution in [1.29, 1.82) is 0 Å². The number of hydrogen-bond donors (Lipinski definition) is 3. The number of nitrogens with zero attached hydrogens (tertiary/aromatic N) is 2. The molecule has 34 heavy (non-hydrogen) atoms. The second-order valence-electron chi connectivity index (χ2n) is 7.86. The van der Waals surface area contributed by atoms with Crippen molar-refractivity contribution in [3.8, 4) is 11.1 Å². The molecule has 0 saturated carbocycles. The van der Waals surface area contributed by atoms with E-state index in [-0.39, 0.29) is 5.69 Å². The number of rotatable bonds is 3. The van der Waals surface area contributed by atoms with E-state index < -0.39 is 17.8 Å². The van der Waals surface area contributed by atoms with E-state index in [1.165, 1.54) is 18.5 Å². The van der Waals surface area contributed by atoms with Crippen LogP contribution in [0.4, 0.5) is 29.3 Å². The Morgan fingerprint density at radius 3 is 2.53 bits per heavy atom. The molecule has 3 aromatic carbocycles. The molecule has 5 aromatic rings. The molecule has 0 spiro atoms. The Balaban J connectivity index is 1.40. The summed E-state index contributed by atoms with van der Waals surface area (Å²) in [5.74, 6) is 0. The Kier molecular flexibility index (Phi) is 5.16. The van der Waals surface area contributed by atoms with Gasteiger partial charge in [-0.3, -0.25) is 0 Å². The largest absolute Gasteiger partial charge is 0.416 e. The maximum Gasteiger partial charge on any atom is 0.416 e. The van der Waals surface area contributed by atoms with Crippen LogP contribution in [0, 0.1) is 6.92 Å². The molecule has 3 N–H and O–H groups in total. The number of fused-ring (bicyclic) bond motifs is 3. The first kappa shape index (κ1) is 21.4. The molecule has 0 aliphatic heterocycles. The van der Waals surface area contributed by atoms with Crippen LogP contribution >= 0.6 is 0 Å². The van der Waals surface area contributed by atoms with Crippen molar-refractivity contribution in [3.05, 3.63) is 84.3 Å². The van der Waals surface area contributed by atoms with Crippen LogP contribution in [-0.2, 0) is 6.18 Å². The summed E-state index contributed by atoms with van der Waals surface area (Å²) in [4.78, 5) is 24.1. The quantitative estimate of drug-likeness (QED) is 0.278. The third-order valence-electron chi connectivity index (χ3n) is 5.53. The first-order valence-corrected chi connectivity index (χ1v) is 10.4. The maximum atomic E-state index is 12.9. The monoisotopic (exact) mass is 461 g/mol. The van der Waals surface area contributed by atoms with Crippen LogP contribution < -0.4 is 10.6 Å². The maximum absolute atomic E-state index is 12.9. The molecule has 0 atom stereocenters. The summed E-state index contributed by atoms with van der Waals surface area (Å²) < 4.78 is 38.7. The lowest BCUT2D eigenvalue weighted by atomic mass is 9.98. The van der Waals surface area contributed by atoms with Gasteiger partial charge in [-0.15, -0.1) is 0 Å². The number of aryl methyl sites for hydroxylation is 1. The minimum absolute atomic E-state index is 0.0482. The number of hydrogen-bond acceptors (Lipinski definition) is 3. The highest BCUT2D eigenvalue weighted by Crippen LogP contribution is 2.32. The minimum Gasteiger partial charge on any atom is -0.339 e. The van der Waals surface area contributed by atoms with E-state index in [9.17, 15) is 18.0 Å². The predicted octanol–water partition coefficient (Wildman–Crippen LogP) is 6.75. The fourth-order valence-corrected chi connectivity index (χ4v) is 3.88. The number of aromatic amines is 1. The van der Waals surface area contributed by atoms with Gasteiger partial charge in [0.25, 0.3) is 0 Å². The molecule has 5 rings (SSSR count). The van der Waals surface area contributed by atoms with Gasteiger partial charge in [-0.2, -0.15) is 13.2 Å². The number of nitrogens with one attached hydrogen (secondary N) is 3. The summed E-state index contributed by atoms with van der Waals surface area (Å²) in [6, 6.07) is 15.3. The highest BCUT2D eigenvalue weighted by molar-refractivity contribution is 6.06. The average molecular weight is 461 g/mol. The van der Waals surface area contributed by atoms with Crippen molar-refractivity contribution >= 4 is 39.3 Å². The lowest BCUT2D eigenvalue weighted by molar-refractivity contribution is -0.137. The average Bonchev–Trinajstić information content (AvgIpc) is 3.18. The zero-order valence-corrected chi connectivity index (χ0v) is 17.9. The number of H-pyrrole nitrogens is 1. The van der Waals surface area contributed by atoms with Crippen LogP contribution in [0.3, 0.4) is 0 Å². The van der Waals surface area contributed by atoms with Crippen LogP contribution in [0.1, 0.15) is 11.1 Å². The summed E-state index contributed by atoms with van der Waals surface area (Å²) in [7, 11) is 0. The van der Waals surface area contributed by atoms with Gasteiger partial charge in [0.1, 0.15) is 12.0 Å². The zero-order valence-electron chi connectivity index (χ0n) is 17.9. The molecule has 6 nitrogen and oxygen atoms in total. The zero-order chi connectivity index (χ0) is 23.9. The van der Waals surface area contributed by atoms with E-state index in [1.54, 1.807) is 12.3 Å². The van der Waals surface area contributed by atoms with E-state index in [0.717, 1.165) is 50.8 Å². The predicted molar refractivity (Wildman–Crippen MR) is 126 cm³/mol. The van der Waals surface area contributed by atoms with Crippen LogP contribution in [-0.4, -0.2) is 21.0 Å². The van der Waals surface area contributed by atoms with E-state index >= 15 is 0 Å². The first-order chi connectivity index (χ1) is 16.3.